The molecule has 0 aliphatic rings. The highest BCUT2D eigenvalue weighted by atomic mass is 35.5. The van der Waals surface area contributed by atoms with Crippen molar-refractivity contribution in [3.05, 3.63) is 31.6 Å². The molecule has 5 nitrogen and oxygen atoms in total. The highest BCUT2D eigenvalue weighted by Crippen LogP contribution is 2.10. The zero-order valence-corrected chi connectivity index (χ0v) is 12.0. The van der Waals surface area contributed by atoms with Crippen molar-refractivity contribution in [3.63, 3.8) is 0 Å². The van der Waals surface area contributed by atoms with Crippen molar-refractivity contribution in [1.29, 1.82) is 0 Å². The number of hydrogen-bond donors (Lipinski definition) is 1. The fourth-order valence-electron chi connectivity index (χ4n) is 1.84. The Morgan fingerprint density at radius 1 is 1.39 bits per heavy atom. The molecule has 1 rings (SSSR count). The Labute approximate surface area is 111 Å². The maximum Gasteiger partial charge on any atom is 0.329 e. The van der Waals surface area contributed by atoms with Crippen LogP contribution in [0.3, 0.4) is 0 Å². The smallest absolute Gasteiger partial charge is 0.309 e. The van der Waals surface area contributed by atoms with Crippen LogP contribution < -0.4 is 11.2 Å². The van der Waals surface area contributed by atoms with Crippen LogP contribution in [0.5, 0.6) is 0 Å². The average molecular weight is 274 g/mol. The summed E-state index contributed by atoms with van der Waals surface area (Å²) in [5.74, 6) is 0. The van der Waals surface area contributed by atoms with Crippen molar-refractivity contribution in [3.8, 4) is 0 Å². The van der Waals surface area contributed by atoms with E-state index in [-0.39, 0.29) is 16.8 Å². The molecule has 0 fully saturated rings. The number of aromatic nitrogens is 2. The Morgan fingerprint density at radius 2 is 2.00 bits per heavy atom. The van der Waals surface area contributed by atoms with Gasteiger partial charge in [0.05, 0.1) is 5.56 Å². The molecule has 0 spiro atoms. The van der Waals surface area contributed by atoms with Crippen LogP contribution in [-0.4, -0.2) is 35.1 Å². The first-order valence-electron chi connectivity index (χ1n) is 6.06. The molecular formula is C12H20ClN3O2. The molecule has 0 aliphatic heterocycles. The second kappa shape index (κ2) is 6.20. The molecule has 0 bridgehead atoms. The largest absolute Gasteiger partial charge is 0.329 e. The summed E-state index contributed by atoms with van der Waals surface area (Å²) in [5, 5.41) is 0.156. The lowest BCUT2D eigenvalue weighted by Gasteiger charge is -2.17. The van der Waals surface area contributed by atoms with Crippen molar-refractivity contribution in [2.24, 2.45) is 0 Å². The molecule has 6 heteroatoms. The molecule has 18 heavy (non-hydrogen) atoms. The Balaban J connectivity index is 3.16. The van der Waals surface area contributed by atoms with Crippen molar-refractivity contribution >= 4 is 11.6 Å². The minimum atomic E-state index is -0.437. The molecule has 0 radical (unpaired) electrons. The Bertz CT molecular complexity index is 519. The number of aromatic amines is 1. The van der Waals surface area contributed by atoms with E-state index in [2.05, 4.69) is 4.98 Å². The number of halogens is 1. The molecule has 0 saturated carbocycles. The van der Waals surface area contributed by atoms with Gasteiger partial charge >= 0.3 is 5.69 Å². The Kier molecular flexibility index (Phi) is 5.16. The van der Waals surface area contributed by atoms with Gasteiger partial charge in [-0.05, 0) is 40.4 Å². The molecule has 1 aromatic rings. The molecule has 1 atom stereocenters. The molecule has 102 valence electrons. The third-order valence-corrected chi connectivity index (χ3v) is 3.29. The molecule has 0 amide bonds. The Hall–Kier alpha value is -1.07. The summed E-state index contributed by atoms with van der Waals surface area (Å²) < 4.78 is 1.26. The van der Waals surface area contributed by atoms with E-state index in [0.717, 1.165) is 13.0 Å². The van der Waals surface area contributed by atoms with E-state index in [4.69, 9.17) is 11.6 Å². The summed E-state index contributed by atoms with van der Waals surface area (Å²) in [6, 6.07) is -0.147. The normalized spacial score (nSPS) is 13.0. The van der Waals surface area contributed by atoms with Gasteiger partial charge in [-0.25, -0.2) is 4.79 Å². The van der Waals surface area contributed by atoms with Crippen molar-refractivity contribution in [1.82, 2.24) is 14.5 Å². The number of rotatable bonds is 5. The lowest BCUT2D eigenvalue weighted by atomic mass is 10.2. The number of nitrogens with zero attached hydrogens (tertiary/aromatic N) is 2. The van der Waals surface area contributed by atoms with E-state index >= 15 is 0 Å². The van der Waals surface area contributed by atoms with E-state index in [1.54, 1.807) is 0 Å². The van der Waals surface area contributed by atoms with Crippen LogP contribution >= 0.6 is 11.6 Å². The lowest BCUT2D eigenvalue weighted by molar-refractivity contribution is 0.349. The fourth-order valence-corrected chi connectivity index (χ4v) is 2.14. The van der Waals surface area contributed by atoms with E-state index in [9.17, 15) is 9.59 Å². The highest BCUT2D eigenvalue weighted by molar-refractivity contribution is 6.30. The van der Waals surface area contributed by atoms with Gasteiger partial charge in [-0.3, -0.25) is 14.3 Å². The Morgan fingerprint density at radius 3 is 2.50 bits per heavy atom. The standard InChI is InChI=1S/C12H20ClN3O2/c1-5-9-10(13)14-12(18)16(11(9)17)8(2)6-7-15(3)4/h8H,5-7H2,1-4H3,(H,14,18). The van der Waals surface area contributed by atoms with Crippen LogP contribution in [0, 0.1) is 0 Å². The maximum absolute atomic E-state index is 12.2. The van der Waals surface area contributed by atoms with Gasteiger partial charge in [0.15, 0.2) is 0 Å². The van der Waals surface area contributed by atoms with Gasteiger partial charge in [0.1, 0.15) is 5.15 Å². The van der Waals surface area contributed by atoms with Crippen LogP contribution in [0.25, 0.3) is 0 Å². The van der Waals surface area contributed by atoms with Crippen molar-refractivity contribution < 1.29 is 0 Å². The minimum Gasteiger partial charge on any atom is -0.309 e. The zero-order valence-electron chi connectivity index (χ0n) is 11.3. The molecule has 1 aromatic heterocycles. The monoisotopic (exact) mass is 273 g/mol. The van der Waals surface area contributed by atoms with Gasteiger partial charge in [-0.2, -0.15) is 0 Å². The third-order valence-electron chi connectivity index (χ3n) is 2.97. The fraction of sp³-hybridized carbons (Fsp3) is 0.667. The van der Waals surface area contributed by atoms with Crippen LogP contribution in [-0.2, 0) is 6.42 Å². The first kappa shape index (κ1) is 15.0. The van der Waals surface area contributed by atoms with Crippen molar-refractivity contribution in [2.75, 3.05) is 20.6 Å². The van der Waals surface area contributed by atoms with Crippen molar-refractivity contribution in [2.45, 2.75) is 32.7 Å². The summed E-state index contributed by atoms with van der Waals surface area (Å²) >= 11 is 5.86. The second-order valence-electron chi connectivity index (χ2n) is 4.69. The van der Waals surface area contributed by atoms with Gasteiger partial charge in [0.25, 0.3) is 5.56 Å². The quantitative estimate of drug-likeness (QED) is 0.822. The number of H-pyrrole nitrogens is 1. The summed E-state index contributed by atoms with van der Waals surface area (Å²) in [5.41, 5.74) is -0.251. The predicted octanol–water partition coefficient (Wildman–Crippen LogP) is 1.27. The lowest BCUT2D eigenvalue weighted by Crippen LogP contribution is -2.40. The van der Waals surface area contributed by atoms with Crippen LogP contribution in [0.1, 0.15) is 31.9 Å². The van der Waals surface area contributed by atoms with Gasteiger partial charge < -0.3 is 4.90 Å². The van der Waals surface area contributed by atoms with Crippen LogP contribution in [0.15, 0.2) is 9.59 Å². The number of nitrogens with one attached hydrogen (secondary N) is 1. The molecule has 1 unspecified atom stereocenters. The van der Waals surface area contributed by atoms with Gasteiger partial charge in [-0.15, -0.1) is 0 Å². The third kappa shape index (κ3) is 3.23. The van der Waals surface area contributed by atoms with E-state index in [1.165, 1.54) is 4.57 Å². The topological polar surface area (TPSA) is 58.1 Å². The average Bonchev–Trinajstić information content (AvgIpc) is 2.26. The van der Waals surface area contributed by atoms with Gasteiger partial charge in [-0.1, -0.05) is 18.5 Å². The first-order valence-corrected chi connectivity index (χ1v) is 6.44. The van der Waals surface area contributed by atoms with Gasteiger partial charge in [0.2, 0.25) is 0 Å². The zero-order chi connectivity index (χ0) is 13.9. The predicted molar refractivity (Wildman–Crippen MR) is 73.6 cm³/mol. The SMILES string of the molecule is CCc1c(Cl)[nH]c(=O)n(C(C)CCN(C)C)c1=O. The van der Waals surface area contributed by atoms with E-state index < -0.39 is 5.69 Å². The summed E-state index contributed by atoms with van der Waals surface area (Å²) in [6.07, 6.45) is 1.25. The van der Waals surface area contributed by atoms with Crippen LogP contribution in [0.2, 0.25) is 5.15 Å². The summed E-state index contributed by atoms with van der Waals surface area (Å²) in [7, 11) is 3.91. The summed E-state index contributed by atoms with van der Waals surface area (Å²) in [4.78, 5) is 28.5. The van der Waals surface area contributed by atoms with Gasteiger partial charge in [0, 0.05) is 6.04 Å². The molecular weight excluding hydrogens is 254 g/mol. The van der Waals surface area contributed by atoms with E-state index in [1.807, 2.05) is 32.8 Å². The minimum absolute atomic E-state index is 0.147. The molecule has 0 aromatic carbocycles. The van der Waals surface area contributed by atoms with Crippen LogP contribution in [0.4, 0.5) is 0 Å². The highest BCUT2D eigenvalue weighted by Gasteiger charge is 2.15. The maximum atomic E-state index is 12.2. The number of hydrogen-bond acceptors (Lipinski definition) is 3. The molecule has 0 aliphatic carbocycles. The first-order chi connectivity index (χ1) is 8.38. The molecule has 1 heterocycles. The summed E-state index contributed by atoms with van der Waals surface area (Å²) in [6.45, 7) is 4.53. The second-order valence-corrected chi connectivity index (χ2v) is 5.07. The molecule has 1 N–H and O–H groups in total. The van der Waals surface area contributed by atoms with E-state index in [0.29, 0.717) is 12.0 Å². The molecule has 0 saturated heterocycles.